The van der Waals surface area contributed by atoms with Crippen molar-refractivity contribution in [3.63, 3.8) is 0 Å². The third-order valence-electron chi connectivity index (χ3n) is 2.56. The van der Waals surface area contributed by atoms with Gasteiger partial charge in [-0.2, -0.15) is 0 Å². The Morgan fingerprint density at radius 2 is 2.22 bits per heavy atom. The minimum absolute atomic E-state index is 0.129. The maximum Gasteiger partial charge on any atom is 0.141 e. The predicted octanol–water partition coefficient (Wildman–Crippen LogP) is 2.83. The average Bonchev–Trinajstić information content (AvgIpc) is 2.64. The molecule has 96 valence electrons. The van der Waals surface area contributed by atoms with E-state index in [4.69, 9.17) is 20.3 Å². The number of aromatic nitrogens is 1. The standard InChI is InChI=1S/C13H17NO2.N2/c1-5-15-9(2)11-6-10-7-13(3,4)16-12(10)8-14-11;1-2/h6,8H,2,5,7H2,1,3-4H3;. The van der Waals surface area contributed by atoms with Crippen LogP contribution in [0.2, 0.25) is 0 Å². The van der Waals surface area contributed by atoms with Crippen molar-refractivity contribution in [2.75, 3.05) is 6.61 Å². The van der Waals surface area contributed by atoms with Crippen LogP contribution in [0.5, 0.6) is 5.75 Å². The highest BCUT2D eigenvalue weighted by Crippen LogP contribution is 2.35. The van der Waals surface area contributed by atoms with Crippen molar-refractivity contribution in [2.24, 2.45) is 0 Å². The van der Waals surface area contributed by atoms with Crippen LogP contribution in [-0.2, 0) is 11.2 Å². The molecule has 0 radical (unpaired) electrons. The number of ether oxygens (including phenoxy) is 2. The summed E-state index contributed by atoms with van der Waals surface area (Å²) in [7, 11) is 0. The van der Waals surface area contributed by atoms with Gasteiger partial charge in [-0.25, -0.2) is 4.98 Å². The minimum Gasteiger partial charge on any atom is -0.492 e. The maximum atomic E-state index is 6.00. The summed E-state index contributed by atoms with van der Waals surface area (Å²) < 4.78 is 11.1. The van der Waals surface area contributed by atoms with Gasteiger partial charge in [0, 0.05) is 22.8 Å². The van der Waals surface area contributed by atoms with Crippen LogP contribution < -0.4 is 4.74 Å². The van der Waals surface area contributed by atoms with Crippen molar-refractivity contribution in [3.05, 3.63) is 30.1 Å². The van der Waals surface area contributed by atoms with Gasteiger partial charge in [0.2, 0.25) is 0 Å². The summed E-state index contributed by atoms with van der Waals surface area (Å²) in [6, 6.07) is 2.00. The molecule has 0 saturated heterocycles. The van der Waals surface area contributed by atoms with Crippen molar-refractivity contribution in [1.29, 1.82) is 10.8 Å². The van der Waals surface area contributed by atoms with Crippen molar-refractivity contribution >= 4 is 5.76 Å². The number of hydrogen-bond donors (Lipinski definition) is 0. The zero-order valence-electron chi connectivity index (χ0n) is 10.9. The Balaban J connectivity index is 0.000000771. The van der Waals surface area contributed by atoms with E-state index >= 15 is 0 Å². The zero-order valence-corrected chi connectivity index (χ0v) is 10.9. The molecule has 1 aliphatic rings. The summed E-state index contributed by atoms with van der Waals surface area (Å²) in [6.45, 7) is 10.5. The van der Waals surface area contributed by atoms with Gasteiger partial charge in [-0.1, -0.05) is 6.58 Å². The third kappa shape index (κ3) is 2.98. The summed E-state index contributed by atoms with van der Waals surface area (Å²) in [5, 5.41) is 12.0. The fraction of sp³-hybridized carbons (Fsp3) is 0.462. The smallest absolute Gasteiger partial charge is 0.141 e. The van der Waals surface area contributed by atoms with Gasteiger partial charge in [-0.05, 0) is 26.8 Å². The quantitative estimate of drug-likeness (QED) is 0.606. The lowest BCUT2D eigenvalue weighted by atomic mass is 10.0. The van der Waals surface area contributed by atoms with Gasteiger partial charge in [0.25, 0.3) is 0 Å². The van der Waals surface area contributed by atoms with Gasteiger partial charge in [-0.3, -0.25) is 0 Å². The highest BCUT2D eigenvalue weighted by molar-refractivity contribution is 5.56. The molecule has 2 rings (SSSR count). The van der Waals surface area contributed by atoms with Gasteiger partial charge >= 0.3 is 0 Å². The number of nitrogens with zero attached hydrogens (tertiary/aromatic N) is 3. The number of fused-ring (bicyclic) bond motifs is 1. The van der Waals surface area contributed by atoms with Crippen LogP contribution in [-0.4, -0.2) is 17.2 Å². The first-order chi connectivity index (χ1) is 8.52. The Morgan fingerprint density at radius 3 is 2.83 bits per heavy atom. The fourth-order valence-corrected chi connectivity index (χ4v) is 1.91. The Labute approximate surface area is 107 Å². The molecule has 1 aromatic heterocycles. The second-order valence-corrected chi connectivity index (χ2v) is 4.57. The van der Waals surface area contributed by atoms with E-state index in [1.54, 1.807) is 6.20 Å². The van der Waals surface area contributed by atoms with E-state index in [0.717, 1.165) is 17.9 Å². The molecule has 5 nitrogen and oxygen atoms in total. The zero-order chi connectivity index (χ0) is 13.8. The maximum absolute atomic E-state index is 6.00. The molecule has 2 heterocycles. The normalized spacial score (nSPS) is 14.7. The molecule has 0 N–H and O–H groups in total. The molecule has 18 heavy (non-hydrogen) atoms. The SMILES string of the molecule is C=C(OCC)c1cc2c(cn1)OC(C)(C)C2.N#N. The van der Waals surface area contributed by atoms with Crippen molar-refractivity contribution in [1.82, 2.24) is 4.98 Å². The molecule has 0 aliphatic carbocycles. The van der Waals surface area contributed by atoms with Gasteiger partial charge in [0.15, 0.2) is 0 Å². The Hall–Kier alpha value is -2.09. The summed E-state index contributed by atoms with van der Waals surface area (Å²) in [4.78, 5) is 4.28. The molecule has 0 bridgehead atoms. The van der Waals surface area contributed by atoms with Gasteiger partial charge < -0.3 is 9.47 Å². The van der Waals surface area contributed by atoms with E-state index in [9.17, 15) is 0 Å². The first-order valence-corrected chi connectivity index (χ1v) is 5.72. The summed E-state index contributed by atoms with van der Waals surface area (Å²) in [5.41, 5.74) is 1.84. The molecule has 0 spiro atoms. The highest BCUT2D eigenvalue weighted by atomic mass is 16.5. The van der Waals surface area contributed by atoms with E-state index in [1.165, 1.54) is 5.56 Å². The average molecular weight is 247 g/mol. The summed E-state index contributed by atoms with van der Waals surface area (Å²) in [5.74, 6) is 1.49. The van der Waals surface area contributed by atoms with E-state index in [0.29, 0.717) is 12.4 Å². The molecule has 0 fully saturated rings. The largest absolute Gasteiger partial charge is 0.492 e. The number of rotatable bonds is 3. The Kier molecular flexibility index (Phi) is 4.27. The molecular weight excluding hydrogens is 230 g/mol. The molecule has 1 aliphatic heterocycles. The van der Waals surface area contributed by atoms with Gasteiger partial charge in [-0.15, -0.1) is 0 Å². The van der Waals surface area contributed by atoms with E-state index < -0.39 is 0 Å². The van der Waals surface area contributed by atoms with Crippen molar-refractivity contribution < 1.29 is 9.47 Å². The first-order valence-electron chi connectivity index (χ1n) is 5.72. The molecule has 0 unspecified atom stereocenters. The van der Waals surface area contributed by atoms with Crippen LogP contribution in [0.3, 0.4) is 0 Å². The molecule has 0 saturated carbocycles. The molecule has 0 amide bonds. The molecule has 1 aromatic rings. The lowest BCUT2D eigenvalue weighted by Crippen LogP contribution is -2.24. The second kappa shape index (κ2) is 5.50. The minimum atomic E-state index is -0.129. The van der Waals surface area contributed by atoms with E-state index in [1.807, 2.05) is 13.0 Å². The van der Waals surface area contributed by atoms with Crippen LogP contribution in [0.4, 0.5) is 0 Å². The number of pyridine rings is 1. The van der Waals surface area contributed by atoms with Crippen LogP contribution in [0.25, 0.3) is 5.76 Å². The van der Waals surface area contributed by atoms with E-state index in [-0.39, 0.29) is 5.60 Å². The van der Waals surface area contributed by atoms with E-state index in [2.05, 4.69) is 25.4 Å². The number of hydrogen-bond acceptors (Lipinski definition) is 5. The lowest BCUT2D eigenvalue weighted by molar-refractivity contribution is 0.138. The monoisotopic (exact) mass is 247 g/mol. The Morgan fingerprint density at radius 1 is 1.56 bits per heavy atom. The van der Waals surface area contributed by atoms with Crippen molar-refractivity contribution in [3.8, 4) is 5.75 Å². The molecular formula is C13H17N3O2. The van der Waals surface area contributed by atoms with Crippen LogP contribution in [0.15, 0.2) is 18.8 Å². The molecule has 0 aromatic carbocycles. The summed E-state index contributed by atoms with van der Waals surface area (Å²) >= 11 is 0. The highest BCUT2D eigenvalue weighted by Gasteiger charge is 2.30. The predicted molar refractivity (Wildman–Crippen MR) is 66.8 cm³/mol. The second-order valence-electron chi connectivity index (χ2n) is 4.57. The topological polar surface area (TPSA) is 78.9 Å². The van der Waals surface area contributed by atoms with Crippen LogP contribution >= 0.6 is 0 Å². The van der Waals surface area contributed by atoms with Gasteiger partial charge in [0.05, 0.1) is 12.8 Å². The first kappa shape index (κ1) is 14.0. The Bertz CT molecular complexity index is 467. The fourth-order valence-electron chi connectivity index (χ4n) is 1.91. The summed E-state index contributed by atoms with van der Waals surface area (Å²) in [6.07, 6.45) is 2.65. The molecule has 5 heteroatoms. The third-order valence-corrected chi connectivity index (χ3v) is 2.56. The van der Waals surface area contributed by atoms with Gasteiger partial charge in [0.1, 0.15) is 22.8 Å². The lowest BCUT2D eigenvalue weighted by Gasteiger charge is -2.16. The van der Waals surface area contributed by atoms with Crippen LogP contribution in [0.1, 0.15) is 32.0 Å². The molecule has 0 atom stereocenters. The van der Waals surface area contributed by atoms with Crippen molar-refractivity contribution in [2.45, 2.75) is 32.8 Å². The van der Waals surface area contributed by atoms with Crippen LogP contribution in [0, 0.1) is 10.8 Å².